The molecule has 12 aromatic rings. The molecular formula is C63H44N2O. The Hall–Kier alpha value is -8.40. The van der Waals surface area contributed by atoms with Crippen molar-refractivity contribution in [1.82, 2.24) is 4.57 Å². The van der Waals surface area contributed by atoms with E-state index in [9.17, 15) is 0 Å². The molecule has 0 bridgehead atoms. The predicted octanol–water partition coefficient (Wildman–Crippen LogP) is 17.5. The third-order valence-corrected chi connectivity index (χ3v) is 14.0. The highest BCUT2D eigenvalue weighted by atomic mass is 16.3. The second-order valence-corrected chi connectivity index (χ2v) is 18.1. The first kappa shape index (κ1) is 38.1. The van der Waals surface area contributed by atoms with Crippen molar-refractivity contribution in [3.8, 4) is 50.2 Å². The Kier molecular flexibility index (Phi) is 8.56. The van der Waals surface area contributed by atoms with Crippen molar-refractivity contribution in [2.24, 2.45) is 0 Å². The zero-order valence-electron chi connectivity index (χ0n) is 36.7. The van der Waals surface area contributed by atoms with E-state index < -0.39 is 0 Å². The molecule has 0 fully saturated rings. The van der Waals surface area contributed by atoms with Gasteiger partial charge in [-0.25, -0.2) is 0 Å². The van der Waals surface area contributed by atoms with Crippen LogP contribution in [0.15, 0.2) is 235 Å². The van der Waals surface area contributed by atoms with Gasteiger partial charge in [0.1, 0.15) is 11.2 Å². The number of hydrogen-bond donors (Lipinski definition) is 0. The molecule has 1 aliphatic rings. The predicted molar refractivity (Wildman–Crippen MR) is 277 cm³/mol. The maximum Gasteiger partial charge on any atom is 0.135 e. The Labute approximate surface area is 384 Å². The van der Waals surface area contributed by atoms with E-state index in [1.807, 2.05) is 12.1 Å². The number of rotatable bonds is 7. The molecule has 0 radical (unpaired) electrons. The first-order valence-corrected chi connectivity index (χ1v) is 22.8. The first-order valence-electron chi connectivity index (χ1n) is 22.8. The maximum atomic E-state index is 6.17. The quantitative estimate of drug-likeness (QED) is 0.159. The first-order chi connectivity index (χ1) is 32.5. The zero-order valence-corrected chi connectivity index (χ0v) is 36.7. The van der Waals surface area contributed by atoms with Gasteiger partial charge in [0.25, 0.3) is 0 Å². The van der Waals surface area contributed by atoms with E-state index in [-0.39, 0.29) is 5.41 Å². The number of hydrogen-bond acceptors (Lipinski definition) is 2. The van der Waals surface area contributed by atoms with Crippen LogP contribution in [-0.2, 0) is 5.41 Å². The van der Waals surface area contributed by atoms with Gasteiger partial charge < -0.3 is 13.9 Å². The molecule has 66 heavy (non-hydrogen) atoms. The summed E-state index contributed by atoms with van der Waals surface area (Å²) < 4.78 is 8.62. The average molecular weight is 845 g/mol. The van der Waals surface area contributed by atoms with Crippen LogP contribution < -0.4 is 4.90 Å². The summed E-state index contributed by atoms with van der Waals surface area (Å²) in [6.07, 6.45) is 0. The van der Waals surface area contributed by atoms with Crippen molar-refractivity contribution < 1.29 is 4.42 Å². The van der Waals surface area contributed by atoms with E-state index in [2.05, 4.69) is 242 Å². The van der Waals surface area contributed by atoms with Gasteiger partial charge >= 0.3 is 0 Å². The van der Waals surface area contributed by atoms with Gasteiger partial charge in [-0.2, -0.15) is 0 Å². The van der Waals surface area contributed by atoms with E-state index in [0.29, 0.717) is 0 Å². The summed E-state index contributed by atoms with van der Waals surface area (Å²) in [5.41, 5.74) is 20.9. The fourth-order valence-corrected chi connectivity index (χ4v) is 10.6. The number of fused-ring (bicyclic) bond motifs is 9. The molecule has 0 atom stereocenters. The van der Waals surface area contributed by atoms with Crippen molar-refractivity contribution >= 4 is 60.8 Å². The number of anilines is 3. The van der Waals surface area contributed by atoms with Gasteiger partial charge in [0.15, 0.2) is 0 Å². The Morgan fingerprint density at radius 3 is 1.52 bits per heavy atom. The highest BCUT2D eigenvalue weighted by Crippen LogP contribution is 2.52. The smallest absolute Gasteiger partial charge is 0.135 e. The highest BCUT2D eigenvalue weighted by Gasteiger charge is 2.36. The summed E-state index contributed by atoms with van der Waals surface area (Å²) in [5, 5.41) is 4.76. The van der Waals surface area contributed by atoms with Crippen molar-refractivity contribution in [2.45, 2.75) is 19.3 Å². The minimum atomic E-state index is -0.251. The number of nitrogens with zero attached hydrogens (tertiary/aromatic N) is 2. The third kappa shape index (κ3) is 6.04. The second kappa shape index (κ2) is 14.8. The SMILES string of the molecule is CC1(C)c2cc(N(c3ccc(-c4ccccc4)cc3)c3ccc(-c4ccccc4)cc3)ccc2-c2ccc(-n3c4ccccc4c4cc(-c5ccc6oc7ccccc7c6c5)ccc43)cc21. The molecule has 0 amide bonds. The molecule has 312 valence electrons. The lowest BCUT2D eigenvalue weighted by molar-refractivity contribution is 0.660. The monoisotopic (exact) mass is 844 g/mol. The molecule has 13 rings (SSSR count). The average Bonchev–Trinajstić information content (AvgIpc) is 3.99. The van der Waals surface area contributed by atoms with Crippen molar-refractivity contribution in [1.29, 1.82) is 0 Å². The summed E-state index contributed by atoms with van der Waals surface area (Å²) in [7, 11) is 0. The van der Waals surface area contributed by atoms with E-state index in [1.165, 1.54) is 83.1 Å². The van der Waals surface area contributed by atoms with Crippen LogP contribution in [0.4, 0.5) is 17.1 Å². The van der Waals surface area contributed by atoms with E-state index >= 15 is 0 Å². The molecule has 10 aromatic carbocycles. The second-order valence-electron chi connectivity index (χ2n) is 18.1. The normalized spacial score (nSPS) is 12.8. The van der Waals surface area contributed by atoms with Crippen LogP contribution in [0.5, 0.6) is 0 Å². The van der Waals surface area contributed by atoms with Crippen LogP contribution in [0, 0.1) is 0 Å². The zero-order chi connectivity index (χ0) is 43.9. The van der Waals surface area contributed by atoms with Crippen LogP contribution in [0.3, 0.4) is 0 Å². The van der Waals surface area contributed by atoms with Gasteiger partial charge in [-0.15, -0.1) is 0 Å². The Balaban J connectivity index is 0.891. The van der Waals surface area contributed by atoms with Gasteiger partial charge in [-0.05, 0) is 141 Å². The molecule has 0 saturated carbocycles. The fraction of sp³-hybridized carbons (Fsp3) is 0.0476. The van der Waals surface area contributed by atoms with E-state index in [1.54, 1.807) is 0 Å². The Morgan fingerprint density at radius 2 is 0.833 bits per heavy atom. The lowest BCUT2D eigenvalue weighted by atomic mass is 9.82. The van der Waals surface area contributed by atoms with Crippen LogP contribution in [0.1, 0.15) is 25.0 Å². The summed E-state index contributed by atoms with van der Waals surface area (Å²) in [6, 6.07) is 83.9. The minimum Gasteiger partial charge on any atom is -0.456 e. The maximum absolute atomic E-state index is 6.17. The molecule has 2 heterocycles. The molecular weight excluding hydrogens is 801 g/mol. The van der Waals surface area contributed by atoms with Gasteiger partial charge in [0.2, 0.25) is 0 Å². The van der Waals surface area contributed by atoms with E-state index in [4.69, 9.17) is 4.42 Å². The standard InChI is InChI=1S/C63H44N2O/c1-63(2)57-39-49(64(47-27-21-43(22-28-47)41-13-5-3-6-14-41)48-29-23-44(24-30-48)42-15-7-4-8-16-42)31-33-51(57)52-34-32-50(40-58(52)63)65-59-19-11-9-17-53(59)55-37-45(25-35-60(55)65)46-26-36-62-56(38-46)54-18-10-12-20-61(54)66-62/h3-40H,1-2H3. The van der Waals surface area contributed by atoms with Gasteiger partial charge in [0, 0.05) is 49.7 Å². The minimum absolute atomic E-state index is 0.251. The molecule has 2 aromatic heterocycles. The van der Waals surface area contributed by atoms with Crippen LogP contribution in [0.2, 0.25) is 0 Å². The van der Waals surface area contributed by atoms with Crippen LogP contribution in [-0.4, -0.2) is 4.57 Å². The van der Waals surface area contributed by atoms with Gasteiger partial charge in [-0.3, -0.25) is 0 Å². The van der Waals surface area contributed by atoms with Crippen molar-refractivity contribution in [3.63, 3.8) is 0 Å². The molecule has 3 nitrogen and oxygen atoms in total. The lowest BCUT2D eigenvalue weighted by Gasteiger charge is -2.28. The highest BCUT2D eigenvalue weighted by molar-refractivity contribution is 6.11. The summed E-state index contributed by atoms with van der Waals surface area (Å²) in [6.45, 7) is 4.77. The fourth-order valence-electron chi connectivity index (χ4n) is 10.6. The summed E-state index contributed by atoms with van der Waals surface area (Å²) in [4.78, 5) is 2.40. The molecule has 0 saturated heterocycles. The summed E-state index contributed by atoms with van der Waals surface area (Å²) >= 11 is 0. The molecule has 0 N–H and O–H groups in total. The molecule has 0 spiro atoms. The van der Waals surface area contributed by atoms with Crippen molar-refractivity contribution in [2.75, 3.05) is 4.90 Å². The summed E-state index contributed by atoms with van der Waals surface area (Å²) in [5.74, 6) is 0. The largest absolute Gasteiger partial charge is 0.456 e. The molecule has 0 aliphatic heterocycles. The van der Waals surface area contributed by atoms with Crippen molar-refractivity contribution in [3.05, 3.63) is 242 Å². The number of furan rings is 1. The van der Waals surface area contributed by atoms with E-state index in [0.717, 1.165) is 39.0 Å². The van der Waals surface area contributed by atoms with Gasteiger partial charge in [-0.1, -0.05) is 159 Å². The lowest BCUT2D eigenvalue weighted by Crippen LogP contribution is -2.17. The third-order valence-electron chi connectivity index (χ3n) is 14.0. The molecule has 0 unspecified atom stereocenters. The number of benzene rings is 10. The molecule has 1 aliphatic carbocycles. The topological polar surface area (TPSA) is 21.3 Å². The van der Waals surface area contributed by atoms with Crippen LogP contribution in [0.25, 0.3) is 93.9 Å². The molecule has 3 heteroatoms. The Bertz CT molecular complexity index is 3740. The number of para-hydroxylation sites is 2. The Morgan fingerprint density at radius 1 is 0.348 bits per heavy atom. The number of aromatic nitrogens is 1. The van der Waals surface area contributed by atoms with Crippen LogP contribution >= 0.6 is 0 Å². The van der Waals surface area contributed by atoms with Gasteiger partial charge in [0.05, 0.1) is 11.0 Å².